The molecule has 1 aliphatic carbocycles. The second-order valence-electron chi connectivity index (χ2n) is 11.7. The number of hydrogen-bond donors (Lipinski definition) is 2. The topological polar surface area (TPSA) is 56.9 Å². The van der Waals surface area contributed by atoms with Crippen LogP contribution in [0.25, 0.3) is 11.1 Å². The number of epoxide rings is 1. The summed E-state index contributed by atoms with van der Waals surface area (Å²) in [6, 6.07) is 19.0. The minimum atomic E-state index is -4.37. The van der Waals surface area contributed by atoms with Crippen LogP contribution in [-0.2, 0) is 10.2 Å². The first kappa shape index (κ1) is 29.7. The summed E-state index contributed by atoms with van der Waals surface area (Å²) in [6.45, 7) is 1.31. The summed E-state index contributed by atoms with van der Waals surface area (Å²) < 4.78 is 74.0. The summed E-state index contributed by atoms with van der Waals surface area (Å²) in [5.74, 6) is -2.51. The van der Waals surface area contributed by atoms with Crippen LogP contribution in [0.2, 0.25) is 0 Å². The summed E-state index contributed by atoms with van der Waals surface area (Å²) in [7, 11) is 0. The number of likely N-dealkylation sites (tertiary alicyclic amines) is 1. The molecule has 0 bridgehead atoms. The molecule has 6 rings (SSSR count). The van der Waals surface area contributed by atoms with Gasteiger partial charge in [0.05, 0.1) is 18.6 Å². The average Bonchev–Trinajstić information content (AvgIpc) is 3.73. The van der Waals surface area contributed by atoms with Crippen LogP contribution >= 0.6 is 0 Å². The lowest BCUT2D eigenvalue weighted by Gasteiger charge is -2.39. The van der Waals surface area contributed by atoms with Gasteiger partial charge in [-0.2, -0.15) is 13.2 Å². The van der Waals surface area contributed by atoms with Gasteiger partial charge >= 0.3 is 6.18 Å². The van der Waals surface area contributed by atoms with E-state index in [4.69, 9.17) is 4.74 Å². The monoisotopic (exact) mass is 599 g/mol. The quantitative estimate of drug-likeness (QED) is 0.166. The van der Waals surface area contributed by atoms with Crippen molar-refractivity contribution in [3.8, 4) is 11.1 Å². The Kier molecular flexibility index (Phi) is 8.04. The van der Waals surface area contributed by atoms with Crippen molar-refractivity contribution in [1.29, 1.82) is 0 Å². The third-order valence-electron chi connectivity index (χ3n) is 9.15. The molecule has 0 spiro atoms. The molecule has 5 nitrogen and oxygen atoms in total. The molecule has 228 valence electrons. The van der Waals surface area contributed by atoms with Gasteiger partial charge < -0.3 is 15.0 Å². The smallest absolute Gasteiger partial charge is 0.352 e. The van der Waals surface area contributed by atoms with Crippen molar-refractivity contribution >= 4 is 5.91 Å². The highest BCUT2D eigenvalue weighted by Gasteiger charge is 2.66. The third-order valence-corrected chi connectivity index (χ3v) is 9.15. The largest absolute Gasteiger partial charge is 0.401 e. The number of carbonyl (C=O) groups is 1. The van der Waals surface area contributed by atoms with Crippen LogP contribution in [0, 0.1) is 11.6 Å². The van der Waals surface area contributed by atoms with Gasteiger partial charge in [0, 0.05) is 19.1 Å². The summed E-state index contributed by atoms with van der Waals surface area (Å²) in [4.78, 5) is 14.8. The average molecular weight is 600 g/mol. The van der Waals surface area contributed by atoms with Gasteiger partial charge in [-0.3, -0.25) is 10.1 Å². The van der Waals surface area contributed by atoms with Crippen molar-refractivity contribution in [2.45, 2.75) is 55.5 Å². The standard InChI is InChI=1S/C33H34F5N3O2/c34-27-12-7-13-28(35)29(27)30(42)40-22-14-18-41(19-15-22)17-6-5-16-31(32(21-43-32)39-20-33(36,37)38)25-10-3-1-8-23(25)24-9-2-4-11-26(24)31/h1-4,7-13,22,39H,5-6,14-21H2,(H,40,42). The predicted molar refractivity (Wildman–Crippen MR) is 153 cm³/mol. The molecular weight excluding hydrogens is 565 g/mol. The van der Waals surface area contributed by atoms with Gasteiger partial charge in [0.15, 0.2) is 5.72 Å². The number of piperidine rings is 1. The van der Waals surface area contributed by atoms with Gasteiger partial charge in [0.2, 0.25) is 0 Å². The van der Waals surface area contributed by atoms with Crippen molar-refractivity contribution in [3.05, 3.63) is 95.1 Å². The number of hydrogen-bond acceptors (Lipinski definition) is 4. The van der Waals surface area contributed by atoms with Gasteiger partial charge in [-0.15, -0.1) is 0 Å². The molecule has 43 heavy (non-hydrogen) atoms. The van der Waals surface area contributed by atoms with E-state index in [0.29, 0.717) is 19.3 Å². The molecule has 2 aliphatic heterocycles. The summed E-state index contributed by atoms with van der Waals surface area (Å²) in [5, 5.41) is 5.53. The van der Waals surface area contributed by atoms with Gasteiger partial charge in [0.25, 0.3) is 5.91 Å². The highest BCUT2D eigenvalue weighted by Crippen LogP contribution is 2.60. The maximum Gasteiger partial charge on any atom is 0.401 e. The lowest BCUT2D eigenvalue weighted by atomic mass is 9.68. The van der Waals surface area contributed by atoms with Crippen LogP contribution in [0.5, 0.6) is 0 Å². The Hall–Kier alpha value is -3.34. The zero-order valence-corrected chi connectivity index (χ0v) is 23.7. The Labute approximate surface area is 247 Å². The predicted octanol–water partition coefficient (Wildman–Crippen LogP) is 6.17. The number of benzene rings is 3. The number of rotatable bonds is 10. The first-order valence-electron chi connectivity index (χ1n) is 14.8. The van der Waals surface area contributed by atoms with E-state index in [1.165, 1.54) is 6.07 Å². The molecular formula is C33H34F5N3O2. The molecule has 1 amide bonds. The summed E-state index contributed by atoms with van der Waals surface area (Å²) in [5.41, 5.74) is 1.58. The second-order valence-corrected chi connectivity index (χ2v) is 11.7. The van der Waals surface area contributed by atoms with Crippen LogP contribution in [0.3, 0.4) is 0 Å². The molecule has 1 atom stereocenters. The van der Waals surface area contributed by atoms with Crippen molar-refractivity contribution in [2.24, 2.45) is 0 Å². The molecule has 3 aromatic carbocycles. The van der Waals surface area contributed by atoms with E-state index >= 15 is 0 Å². The minimum absolute atomic E-state index is 0.177. The SMILES string of the molecule is O=C(NC1CCN(CCCCC2(C3(NCC(F)(F)F)CO3)c3ccccc3-c3ccccc32)CC1)c1c(F)cccc1F. The summed E-state index contributed by atoms with van der Waals surface area (Å²) >= 11 is 0. The Balaban J connectivity index is 1.10. The lowest BCUT2D eigenvalue weighted by molar-refractivity contribution is -0.130. The van der Waals surface area contributed by atoms with Crippen LogP contribution in [-0.4, -0.2) is 61.5 Å². The van der Waals surface area contributed by atoms with Gasteiger partial charge in [-0.1, -0.05) is 61.0 Å². The Morgan fingerprint density at radius 2 is 1.47 bits per heavy atom. The number of alkyl halides is 3. The molecule has 2 fully saturated rings. The Morgan fingerprint density at radius 1 is 0.884 bits per heavy atom. The van der Waals surface area contributed by atoms with Crippen molar-refractivity contribution in [1.82, 2.24) is 15.5 Å². The molecule has 0 radical (unpaired) electrons. The van der Waals surface area contributed by atoms with E-state index in [0.717, 1.165) is 66.9 Å². The van der Waals surface area contributed by atoms with Crippen LogP contribution in [0.1, 0.15) is 53.6 Å². The first-order chi connectivity index (χ1) is 20.6. The fourth-order valence-corrected chi connectivity index (χ4v) is 7.04. The Morgan fingerprint density at radius 3 is 2.02 bits per heavy atom. The first-order valence-corrected chi connectivity index (χ1v) is 14.8. The number of amides is 1. The van der Waals surface area contributed by atoms with E-state index in [2.05, 4.69) is 15.5 Å². The molecule has 3 aromatic rings. The van der Waals surface area contributed by atoms with Gasteiger partial charge in [-0.25, -0.2) is 8.78 Å². The molecule has 10 heteroatoms. The van der Waals surface area contributed by atoms with E-state index in [1.807, 2.05) is 48.5 Å². The normalized spacial score (nSPS) is 21.3. The minimum Gasteiger partial charge on any atom is -0.352 e. The molecule has 1 unspecified atom stereocenters. The molecule has 2 saturated heterocycles. The highest BCUT2D eigenvalue weighted by atomic mass is 19.4. The zero-order chi connectivity index (χ0) is 30.2. The number of nitrogens with zero attached hydrogens (tertiary/aromatic N) is 1. The maximum absolute atomic E-state index is 14.0. The Bertz CT molecular complexity index is 1420. The van der Waals surface area contributed by atoms with E-state index in [1.54, 1.807) is 0 Å². The number of ether oxygens (including phenoxy) is 1. The molecule has 3 aliphatic rings. The fraction of sp³-hybridized carbons (Fsp3) is 0.424. The third kappa shape index (κ3) is 5.68. The van der Waals surface area contributed by atoms with Crippen LogP contribution in [0.15, 0.2) is 66.7 Å². The molecule has 0 aromatic heterocycles. The summed E-state index contributed by atoms with van der Waals surface area (Å²) in [6.07, 6.45) is -0.835. The number of fused-ring (bicyclic) bond motifs is 3. The molecule has 2 heterocycles. The lowest BCUT2D eigenvalue weighted by Crippen LogP contribution is -2.54. The van der Waals surface area contributed by atoms with E-state index in [-0.39, 0.29) is 12.6 Å². The maximum atomic E-state index is 14.0. The van der Waals surface area contributed by atoms with E-state index in [9.17, 15) is 26.7 Å². The fourth-order valence-electron chi connectivity index (χ4n) is 7.04. The molecule has 2 N–H and O–H groups in total. The highest BCUT2D eigenvalue weighted by molar-refractivity contribution is 5.95. The van der Waals surface area contributed by atoms with Crippen molar-refractivity contribution in [3.63, 3.8) is 0 Å². The van der Waals surface area contributed by atoms with E-state index < -0.39 is 47.0 Å². The molecule has 0 saturated carbocycles. The number of halogens is 5. The van der Waals surface area contributed by atoms with Crippen LogP contribution < -0.4 is 10.6 Å². The van der Waals surface area contributed by atoms with Crippen molar-refractivity contribution < 1.29 is 31.5 Å². The number of unbranched alkanes of at least 4 members (excludes halogenated alkanes) is 1. The number of nitrogens with one attached hydrogen (secondary N) is 2. The van der Waals surface area contributed by atoms with Gasteiger partial charge in [-0.05, 0) is 66.6 Å². The van der Waals surface area contributed by atoms with Gasteiger partial charge in [0.1, 0.15) is 17.2 Å². The zero-order valence-electron chi connectivity index (χ0n) is 23.7. The van der Waals surface area contributed by atoms with Crippen molar-refractivity contribution in [2.75, 3.05) is 32.8 Å². The number of carbonyl (C=O) groups excluding carboxylic acids is 1. The van der Waals surface area contributed by atoms with Crippen LogP contribution in [0.4, 0.5) is 22.0 Å². The second kappa shape index (κ2) is 11.6.